The van der Waals surface area contributed by atoms with Crippen LogP contribution in [0.4, 0.5) is 0 Å². The molecule has 1 heterocycles. The molecule has 0 unspecified atom stereocenters. The predicted molar refractivity (Wildman–Crippen MR) is 121 cm³/mol. The number of likely N-dealkylation sites (tertiary alicyclic amines) is 1. The van der Waals surface area contributed by atoms with E-state index >= 15 is 0 Å². The molecule has 1 atom stereocenters. The van der Waals surface area contributed by atoms with E-state index in [9.17, 15) is 9.59 Å². The zero-order valence-electron chi connectivity index (χ0n) is 18.4. The van der Waals surface area contributed by atoms with Crippen LogP contribution in [0.15, 0.2) is 42.5 Å². The van der Waals surface area contributed by atoms with Crippen LogP contribution in [0.5, 0.6) is 5.75 Å². The minimum absolute atomic E-state index is 0.104. The van der Waals surface area contributed by atoms with Gasteiger partial charge in [0.05, 0.1) is 0 Å². The number of nitrogens with zero attached hydrogens (tertiary/aromatic N) is 1. The Kier molecular flexibility index (Phi) is 6.90. The Morgan fingerprint density at radius 3 is 2.55 bits per heavy atom. The zero-order chi connectivity index (χ0) is 21.6. The first-order valence-corrected chi connectivity index (χ1v) is 11.5. The molecule has 5 nitrogen and oxygen atoms in total. The van der Waals surface area contributed by atoms with Crippen molar-refractivity contribution in [2.24, 2.45) is 0 Å². The van der Waals surface area contributed by atoms with Crippen LogP contribution < -0.4 is 10.1 Å². The lowest BCUT2D eigenvalue weighted by atomic mass is 9.92. The van der Waals surface area contributed by atoms with Crippen molar-refractivity contribution in [3.63, 3.8) is 0 Å². The van der Waals surface area contributed by atoms with Crippen LogP contribution >= 0.6 is 0 Å². The number of carbonyl (C=O) groups excluding carboxylic acids is 2. The van der Waals surface area contributed by atoms with Crippen LogP contribution in [0, 0.1) is 0 Å². The molecule has 2 aliphatic rings. The van der Waals surface area contributed by atoms with Gasteiger partial charge in [0.2, 0.25) is 5.91 Å². The average Bonchev–Trinajstić information content (AvgIpc) is 3.20. The van der Waals surface area contributed by atoms with Gasteiger partial charge in [0.25, 0.3) is 5.91 Å². The summed E-state index contributed by atoms with van der Waals surface area (Å²) in [7, 11) is 0. The normalized spacial score (nSPS) is 16.7. The maximum Gasteiger partial charge on any atom is 0.261 e. The summed E-state index contributed by atoms with van der Waals surface area (Å²) in [4.78, 5) is 26.7. The summed E-state index contributed by atoms with van der Waals surface area (Å²) in [6.45, 7) is 3.82. The van der Waals surface area contributed by atoms with Crippen LogP contribution in [-0.4, -0.2) is 29.4 Å². The minimum Gasteiger partial charge on any atom is -0.481 e. The molecular formula is C26H32N2O3. The maximum absolute atomic E-state index is 12.8. The van der Waals surface area contributed by atoms with E-state index < -0.39 is 6.10 Å². The summed E-state index contributed by atoms with van der Waals surface area (Å²) in [5.41, 5.74) is 4.88. The largest absolute Gasteiger partial charge is 0.481 e. The molecule has 0 radical (unpaired) electrons. The molecule has 1 fully saturated rings. The smallest absolute Gasteiger partial charge is 0.261 e. The Balaban J connectivity index is 1.37. The number of aryl methyl sites for hydroxylation is 2. The Morgan fingerprint density at radius 1 is 1.03 bits per heavy atom. The molecule has 1 aliphatic carbocycles. The Morgan fingerprint density at radius 2 is 1.81 bits per heavy atom. The summed E-state index contributed by atoms with van der Waals surface area (Å²) in [5.74, 6) is 0.881. The fourth-order valence-corrected chi connectivity index (χ4v) is 4.53. The van der Waals surface area contributed by atoms with Crippen LogP contribution in [-0.2, 0) is 35.5 Å². The van der Waals surface area contributed by atoms with Crippen molar-refractivity contribution in [2.75, 3.05) is 6.54 Å². The zero-order valence-corrected chi connectivity index (χ0v) is 18.4. The van der Waals surface area contributed by atoms with Gasteiger partial charge < -0.3 is 15.0 Å². The van der Waals surface area contributed by atoms with Crippen molar-refractivity contribution in [3.05, 3.63) is 64.7 Å². The van der Waals surface area contributed by atoms with Gasteiger partial charge in [0.1, 0.15) is 5.75 Å². The lowest BCUT2D eigenvalue weighted by Crippen LogP contribution is -2.38. The number of hydrogen-bond donors (Lipinski definition) is 1. The summed E-state index contributed by atoms with van der Waals surface area (Å²) >= 11 is 0. The number of rotatable bonds is 8. The Labute approximate surface area is 184 Å². The number of ether oxygens (including phenoxy) is 1. The number of hydrogen-bond acceptors (Lipinski definition) is 3. The van der Waals surface area contributed by atoms with E-state index in [1.165, 1.54) is 24.0 Å². The second kappa shape index (κ2) is 9.99. The molecule has 5 heteroatoms. The molecule has 2 aromatic carbocycles. The summed E-state index contributed by atoms with van der Waals surface area (Å²) in [5, 5.41) is 3.04. The molecule has 164 valence electrons. The first-order valence-electron chi connectivity index (χ1n) is 11.5. The van der Waals surface area contributed by atoms with Crippen molar-refractivity contribution >= 4 is 11.8 Å². The Bertz CT molecular complexity index is 940. The SMILES string of the molecule is CC[C@H](Oc1ccc2c(c1)CCCC2)C(=O)NCc1ccccc1CN1CCCC1=O. The van der Waals surface area contributed by atoms with E-state index in [0.29, 0.717) is 25.9 Å². The predicted octanol–water partition coefficient (Wildman–Crippen LogP) is 4.16. The van der Waals surface area contributed by atoms with Gasteiger partial charge in [-0.2, -0.15) is 0 Å². The number of fused-ring (bicyclic) bond motifs is 1. The van der Waals surface area contributed by atoms with Crippen LogP contribution in [0.3, 0.4) is 0 Å². The summed E-state index contributed by atoms with van der Waals surface area (Å²) in [6, 6.07) is 14.2. The molecule has 1 N–H and O–H groups in total. The fourth-order valence-electron chi connectivity index (χ4n) is 4.53. The van der Waals surface area contributed by atoms with Gasteiger partial charge in [0, 0.05) is 26.1 Å². The molecule has 1 saturated heterocycles. The lowest BCUT2D eigenvalue weighted by molar-refractivity contribution is -0.129. The molecule has 31 heavy (non-hydrogen) atoms. The van der Waals surface area contributed by atoms with E-state index in [-0.39, 0.29) is 11.8 Å². The van der Waals surface area contributed by atoms with E-state index in [0.717, 1.165) is 42.7 Å². The van der Waals surface area contributed by atoms with Gasteiger partial charge in [-0.25, -0.2) is 0 Å². The van der Waals surface area contributed by atoms with Gasteiger partial charge in [0.15, 0.2) is 6.10 Å². The molecule has 2 aromatic rings. The second-order valence-corrected chi connectivity index (χ2v) is 8.56. The van der Waals surface area contributed by atoms with Gasteiger partial charge in [-0.05, 0) is 72.9 Å². The topological polar surface area (TPSA) is 58.6 Å². The van der Waals surface area contributed by atoms with Gasteiger partial charge in [-0.15, -0.1) is 0 Å². The van der Waals surface area contributed by atoms with E-state index in [2.05, 4.69) is 17.4 Å². The molecule has 1 aliphatic heterocycles. The van der Waals surface area contributed by atoms with Gasteiger partial charge in [-0.3, -0.25) is 9.59 Å². The van der Waals surface area contributed by atoms with Crippen molar-refractivity contribution in [1.82, 2.24) is 10.2 Å². The molecule has 4 rings (SSSR count). The van der Waals surface area contributed by atoms with Crippen LogP contribution in [0.2, 0.25) is 0 Å². The molecular weight excluding hydrogens is 388 g/mol. The van der Waals surface area contributed by atoms with E-state index in [1.54, 1.807) is 0 Å². The number of amides is 2. The molecule has 0 bridgehead atoms. The van der Waals surface area contributed by atoms with Crippen LogP contribution in [0.1, 0.15) is 61.3 Å². The lowest BCUT2D eigenvalue weighted by Gasteiger charge is -2.21. The third kappa shape index (κ3) is 5.27. The molecule has 2 amide bonds. The first-order chi connectivity index (χ1) is 15.1. The number of nitrogens with one attached hydrogen (secondary N) is 1. The van der Waals surface area contributed by atoms with Crippen molar-refractivity contribution in [2.45, 2.75) is 71.1 Å². The fraction of sp³-hybridized carbons (Fsp3) is 0.462. The molecule has 0 saturated carbocycles. The van der Waals surface area contributed by atoms with Crippen LogP contribution in [0.25, 0.3) is 0 Å². The molecule has 0 spiro atoms. The highest BCUT2D eigenvalue weighted by atomic mass is 16.5. The highest BCUT2D eigenvalue weighted by Gasteiger charge is 2.22. The highest BCUT2D eigenvalue weighted by molar-refractivity contribution is 5.81. The van der Waals surface area contributed by atoms with E-state index in [1.807, 2.05) is 42.2 Å². The van der Waals surface area contributed by atoms with E-state index in [4.69, 9.17) is 4.74 Å². The van der Waals surface area contributed by atoms with Crippen molar-refractivity contribution in [3.8, 4) is 5.75 Å². The standard InChI is InChI=1S/C26H32N2O3/c1-2-24(31-23-14-13-19-8-3-4-9-20(19)16-23)26(30)27-17-21-10-5-6-11-22(21)18-28-15-7-12-25(28)29/h5-6,10-11,13-14,16,24H,2-4,7-9,12,15,17-18H2,1H3,(H,27,30)/t24-/m0/s1. The Hall–Kier alpha value is -2.82. The third-order valence-corrected chi connectivity index (χ3v) is 6.37. The second-order valence-electron chi connectivity index (χ2n) is 8.56. The third-order valence-electron chi connectivity index (χ3n) is 6.37. The highest BCUT2D eigenvalue weighted by Crippen LogP contribution is 2.26. The average molecular weight is 421 g/mol. The monoisotopic (exact) mass is 420 g/mol. The first kappa shape index (κ1) is 21.4. The minimum atomic E-state index is -0.519. The van der Waals surface area contributed by atoms with Crippen molar-refractivity contribution < 1.29 is 14.3 Å². The van der Waals surface area contributed by atoms with Gasteiger partial charge >= 0.3 is 0 Å². The van der Waals surface area contributed by atoms with Gasteiger partial charge in [-0.1, -0.05) is 37.3 Å². The number of benzene rings is 2. The summed E-state index contributed by atoms with van der Waals surface area (Å²) in [6.07, 6.45) is 6.34. The number of carbonyl (C=O) groups is 2. The summed E-state index contributed by atoms with van der Waals surface area (Å²) < 4.78 is 6.07. The van der Waals surface area contributed by atoms with Crippen molar-refractivity contribution in [1.29, 1.82) is 0 Å². The molecule has 0 aromatic heterocycles. The quantitative estimate of drug-likeness (QED) is 0.698. The maximum atomic E-state index is 12.8.